The maximum atomic E-state index is 13.4. The second kappa shape index (κ2) is 5.20. The molecule has 0 atom stereocenters. The van der Waals surface area contributed by atoms with Crippen molar-refractivity contribution < 1.29 is 22.8 Å². The first-order valence-corrected chi connectivity index (χ1v) is 6.88. The lowest BCUT2D eigenvalue weighted by atomic mass is 10.2. The summed E-state index contributed by atoms with van der Waals surface area (Å²) in [4.78, 5) is 4.16. The fourth-order valence-corrected chi connectivity index (χ4v) is 2.40. The summed E-state index contributed by atoms with van der Waals surface area (Å²) in [6.07, 6.45) is 0. The zero-order valence-corrected chi connectivity index (χ0v) is 12.1. The molecule has 116 valence electrons. The molecule has 3 aromatic rings. The van der Waals surface area contributed by atoms with Gasteiger partial charge in [0, 0.05) is 5.56 Å². The van der Waals surface area contributed by atoms with Crippen molar-refractivity contribution in [1.82, 2.24) is 10.1 Å². The number of halogens is 3. The highest BCUT2D eigenvalue weighted by molar-refractivity contribution is 6.33. The van der Waals surface area contributed by atoms with Gasteiger partial charge in [0.05, 0.1) is 10.6 Å². The predicted octanol–water partition coefficient (Wildman–Crippen LogP) is 4.06. The topological polar surface area (TPSA) is 57.4 Å². The Morgan fingerprint density at radius 3 is 2.65 bits per heavy atom. The number of rotatable bonds is 2. The van der Waals surface area contributed by atoms with E-state index in [-0.39, 0.29) is 29.1 Å². The summed E-state index contributed by atoms with van der Waals surface area (Å²) in [6, 6.07) is 6.92. The Morgan fingerprint density at radius 1 is 1.00 bits per heavy atom. The van der Waals surface area contributed by atoms with Crippen LogP contribution in [-0.2, 0) is 0 Å². The third-order valence-electron chi connectivity index (χ3n) is 3.30. The minimum atomic E-state index is -1.05. The van der Waals surface area contributed by atoms with Crippen LogP contribution in [0.3, 0.4) is 0 Å². The molecule has 0 N–H and O–H groups in total. The lowest BCUT2D eigenvalue weighted by Crippen LogP contribution is -1.92. The molecular formula is C15H7ClF2N2O3. The average Bonchev–Trinajstić information content (AvgIpc) is 3.19. The standard InChI is InChI=1S/C15H7ClF2N2O3/c16-9-5-11(18)10(17)4-8(9)15-19-14(20-23-15)7-1-2-12-13(3-7)22-6-21-12/h1-5H,6H2. The smallest absolute Gasteiger partial charge is 0.259 e. The summed E-state index contributed by atoms with van der Waals surface area (Å²) in [5, 5.41) is 3.80. The van der Waals surface area contributed by atoms with Gasteiger partial charge in [-0.1, -0.05) is 16.8 Å². The SMILES string of the molecule is Fc1cc(Cl)c(-c2nc(-c3ccc4c(c3)OCO4)no2)cc1F. The lowest BCUT2D eigenvalue weighted by Gasteiger charge is -2.00. The Bertz CT molecular complexity index is 914. The van der Waals surface area contributed by atoms with Crippen molar-refractivity contribution in [1.29, 1.82) is 0 Å². The van der Waals surface area contributed by atoms with Crippen molar-refractivity contribution in [2.75, 3.05) is 6.79 Å². The summed E-state index contributed by atoms with van der Waals surface area (Å²) in [5.41, 5.74) is 0.744. The zero-order valence-electron chi connectivity index (χ0n) is 11.3. The van der Waals surface area contributed by atoms with Crippen LogP contribution >= 0.6 is 11.6 Å². The summed E-state index contributed by atoms with van der Waals surface area (Å²) in [5.74, 6) is -0.650. The molecule has 0 saturated carbocycles. The fourth-order valence-electron chi connectivity index (χ4n) is 2.17. The van der Waals surface area contributed by atoms with Gasteiger partial charge < -0.3 is 14.0 Å². The second-order valence-corrected chi connectivity index (χ2v) is 5.14. The van der Waals surface area contributed by atoms with Crippen molar-refractivity contribution in [3.8, 4) is 34.3 Å². The molecule has 2 heterocycles. The molecule has 0 radical (unpaired) electrons. The van der Waals surface area contributed by atoms with E-state index in [1.807, 2.05) is 0 Å². The van der Waals surface area contributed by atoms with Gasteiger partial charge in [-0.15, -0.1) is 0 Å². The number of benzene rings is 2. The summed E-state index contributed by atoms with van der Waals surface area (Å²) < 4.78 is 42.1. The quantitative estimate of drug-likeness (QED) is 0.660. The number of fused-ring (bicyclic) bond motifs is 1. The highest BCUT2D eigenvalue weighted by Crippen LogP contribution is 2.36. The molecule has 0 amide bonds. The molecule has 0 aliphatic carbocycles. The van der Waals surface area contributed by atoms with Gasteiger partial charge in [0.15, 0.2) is 23.1 Å². The largest absolute Gasteiger partial charge is 0.454 e. The van der Waals surface area contributed by atoms with E-state index in [9.17, 15) is 8.78 Å². The molecule has 0 unspecified atom stereocenters. The maximum absolute atomic E-state index is 13.4. The van der Waals surface area contributed by atoms with Gasteiger partial charge in [-0.3, -0.25) is 0 Å². The highest BCUT2D eigenvalue weighted by Gasteiger charge is 2.19. The molecule has 23 heavy (non-hydrogen) atoms. The number of aromatic nitrogens is 2. The first-order chi connectivity index (χ1) is 11.1. The molecule has 0 fully saturated rings. The van der Waals surface area contributed by atoms with E-state index in [1.54, 1.807) is 18.2 Å². The van der Waals surface area contributed by atoms with E-state index in [0.29, 0.717) is 17.1 Å². The van der Waals surface area contributed by atoms with Crippen molar-refractivity contribution in [3.63, 3.8) is 0 Å². The minimum Gasteiger partial charge on any atom is -0.454 e. The van der Waals surface area contributed by atoms with Crippen LogP contribution in [0.5, 0.6) is 11.5 Å². The van der Waals surface area contributed by atoms with Gasteiger partial charge in [0.25, 0.3) is 5.89 Å². The van der Waals surface area contributed by atoms with Crippen LogP contribution in [0.15, 0.2) is 34.9 Å². The molecule has 8 heteroatoms. The van der Waals surface area contributed by atoms with Gasteiger partial charge in [-0.05, 0) is 30.3 Å². The van der Waals surface area contributed by atoms with E-state index in [1.165, 1.54) is 0 Å². The predicted molar refractivity (Wildman–Crippen MR) is 76.2 cm³/mol. The zero-order chi connectivity index (χ0) is 16.0. The molecule has 0 spiro atoms. The number of ether oxygens (including phenoxy) is 2. The van der Waals surface area contributed by atoms with Crippen LogP contribution in [-0.4, -0.2) is 16.9 Å². The minimum absolute atomic E-state index is 0.0124. The van der Waals surface area contributed by atoms with Crippen LogP contribution in [0.1, 0.15) is 0 Å². The Kier molecular flexibility index (Phi) is 3.16. The van der Waals surface area contributed by atoms with E-state index in [2.05, 4.69) is 10.1 Å². The summed E-state index contributed by atoms with van der Waals surface area (Å²) in [7, 11) is 0. The van der Waals surface area contributed by atoms with Gasteiger partial charge in [0.1, 0.15) is 0 Å². The first kappa shape index (κ1) is 14.0. The molecule has 5 nitrogen and oxygen atoms in total. The molecule has 1 aliphatic rings. The Balaban J connectivity index is 1.74. The first-order valence-electron chi connectivity index (χ1n) is 6.50. The van der Waals surface area contributed by atoms with Gasteiger partial charge in [-0.2, -0.15) is 4.98 Å². The van der Waals surface area contributed by atoms with Crippen molar-refractivity contribution in [2.24, 2.45) is 0 Å². The fraction of sp³-hybridized carbons (Fsp3) is 0.0667. The van der Waals surface area contributed by atoms with E-state index >= 15 is 0 Å². The summed E-state index contributed by atoms with van der Waals surface area (Å²) >= 11 is 5.90. The normalized spacial score (nSPS) is 12.7. The third-order valence-corrected chi connectivity index (χ3v) is 3.61. The lowest BCUT2D eigenvalue weighted by molar-refractivity contribution is 0.174. The van der Waals surface area contributed by atoms with Gasteiger partial charge in [-0.25, -0.2) is 8.78 Å². The van der Waals surface area contributed by atoms with Crippen LogP contribution in [0.4, 0.5) is 8.78 Å². The molecule has 0 bridgehead atoms. The molecule has 2 aromatic carbocycles. The molecular weight excluding hydrogens is 330 g/mol. The van der Waals surface area contributed by atoms with E-state index < -0.39 is 11.6 Å². The van der Waals surface area contributed by atoms with Gasteiger partial charge in [0.2, 0.25) is 12.6 Å². The molecule has 0 saturated heterocycles. The van der Waals surface area contributed by atoms with Crippen molar-refractivity contribution >= 4 is 11.6 Å². The number of nitrogens with zero attached hydrogens (tertiary/aromatic N) is 2. The van der Waals surface area contributed by atoms with Crippen molar-refractivity contribution in [3.05, 3.63) is 47.0 Å². The van der Waals surface area contributed by atoms with Crippen LogP contribution in [0.2, 0.25) is 5.02 Å². The highest BCUT2D eigenvalue weighted by atomic mass is 35.5. The van der Waals surface area contributed by atoms with E-state index in [0.717, 1.165) is 12.1 Å². The van der Waals surface area contributed by atoms with Crippen LogP contribution < -0.4 is 9.47 Å². The second-order valence-electron chi connectivity index (χ2n) is 4.74. The van der Waals surface area contributed by atoms with Gasteiger partial charge >= 0.3 is 0 Å². The Hall–Kier alpha value is -2.67. The van der Waals surface area contributed by atoms with Crippen molar-refractivity contribution in [2.45, 2.75) is 0 Å². The Labute approximate surface area is 133 Å². The average molecular weight is 337 g/mol. The monoisotopic (exact) mass is 336 g/mol. The maximum Gasteiger partial charge on any atom is 0.259 e. The molecule has 1 aliphatic heterocycles. The van der Waals surface area contributed by atoms with Crippen LogP contribution in [0.25, 0.3) is 22.8 Å². The molecule has 1 aromatic heterocycles. The van der Waals surface area contributed by atoms with Crippen LogP contribution in [0, 0.1) is 11.6 Å². The Morgan fingerprint density at radius 2 is 1.78 bits per heavy atom. The number of hydrogen-bond donors (Lipinski definition) is 0. The van der Waals surface area contributed by atoms with E-state index in [4.69, 9.17) is 25.6 Å². The number of hydrogen-bond acceptors (Lipinski definition) is 5. The summed E-state index contributed by atoms with van der Waals surface area (Å²) in [6.45, 7) is 0.154. The molecule has 4 rings (SSSR count). The third kappa shape index (κ3) is 2.39.